The predicted octanol–water partition coefficient (Wildman–Crippen LogP) is 1.97. The summed E-state index contributed by atoms with van der Waals surface area (Å²) in [5.74, 6) is 1.52. The SMILES string of the molecule is CCCOc1ccc(CNCC)c(OCC(O)COC)c1. The fraction of sp³-hybridized carbons (Fsp3) is 0.625. The van der Waals surface area contributed by atoms with Gasteiger partial charge in [-0.1, -0.05) is 19.9 Å². The van der Waals surface area contributed by atoms with Crippen LogP contribution in [0.1, 0.15) is 25.8 Å². The van der Waals surface area contributed by atoms with Gasteiger partial charge in [0.25, 0.3) is 0 Å². The number of aliphatic hydroxyl groups excluding tert-OH is 1. The van der Waals surface area contributed by atoms with Crippen LogP contribution >= 0.6 is 0 Å². The van der Waals surface area contributed by atoms with Gasteiger partial charge in [-0.25, -0.2) is 0 Å². The van der Waals surface area contributed by atoms with Crippen molar-refractivity contribution in [3.8, 4) is 11.5 Å². The van der Waals surface area contributed by atoms with E-state index in [1.54, 1.807) is 7.11 Å². The Morgan fingerprint density at radius 2 is 2.00 bits per heavy atom. The third-order valence-corrected chi connectivity index (χ3v) is 2.87. The summed E-state index contributed by atoms with van der Waals surface area (Å²) < 4.78 is 16.2. The molecule has 0 saturated carbocycles. The molecular formula is C16H27NO4. The maximum atomic E-state index is 9.69. The molecule has 0 heterocycles. The fourth-order valence-corrected chi connectivity index (χ4v) is 1.81. The van der Waals surface area contributed by atoms with Crippen molar-refractivity contribution in [1.82, 2.24) is 5.32 Å². The minimum Gasteiger partial charge on any atom is -0.493 e. The van der Waals surface area contributed by atoms with Gasteiger partial charge >= 0.3 is 0 Å². The predicted molar refractivity (Wildman–Crippen MR) is 83.0 cm³/mol. The molecule has 0 aromatic heterocycles. The standard InChI is InChI=1S/C16H27NO4/c1-4-8-20-15-7-6-13(10-17-5-2)16(9-15)21-12-14(18)11-19-3/h6-7,9,14,17-18H,4-5,8,10-12H2,1-3H3. The monoisotopic (exact) mass is 297 g/mol. The van der Waals surface area contributed by atoms with E-state index in [9.17, 15) is 5.11 Å². The van der Waals surface area contributed by atoms with Crippen LogP contribution in [0.3, 0.4) is 0 Å². The Morgan fingerprint density at radius 1 is 1.19 bits per heavy atom. The quantitative estimate of drug-likeness (QED) is 0.654. The van der Waals surface area contributed by atoms with Gasteiger partial charge in [-0.3, -0.25) is 0 Å². The van der Waals surface area contributed by atoms with E-state index in [1.807, 2.05) is 18.2 Å². The van der Waals surface area contributed by atoms with Crippen molar-refractivity contribution in [2.45, 2.75) is 32.9 Å². The highest BCUT2D eigenvalue weighted by atomic mass is 16.5. The van der Waals surface area contributed by atoms with E-state index in [0.29, 0.717) is 6.61 Å². The minimum atomic E-state index is -0.637. The molecular weight excluding hydrogens is 270 g/mol. The van der Waals surface area contributed by atoms with E-state index in [-0.39, 0.29) is 13.2 Å². The molecule has 1 aromatic carbocycles. The van der Waals surface area contributed by atoms with E-state index in [2.05, 4.69) is 19.2 Å². The Kier molecular flexibility index (Phi) is 8.82. The average Bonchev–Trinajstić information content (AvgIpc) is 2.50. The van der Waals surface area contributed by atoms with Crippen LogP contribution in [0.4, 0.5) is 0 Å². The number of nitrogens with one attached hydrogen (secondary N) is 1. The van der Waals surface area contributed by atoms with E-state index in [0.717, 1.165) is 36.6 Å². The van der Waals surface area contributed by atoms with Crippen molar-refractivity contribution in [3.05, 3.63) is 23.8 Å². The topological polar surface area (TPSA) is 60.0 Å². The Labute approximate surface area is 127 Å². The summed E-state index contributed by atoms with van der Waals surface area (Å²) in [6, 6.07) is 5.81. The van der Waals surface area contributed by atoms with E-state index >= 15 is 0 Å². The Hall–Kier alpha value is -1.30. The highest BCUT2D eigenvalue weighted by Crippen LogP contribution is 2.25. The molecule has 5 nitrogen and oxygen atoms in total. The van der Waals surface area contributed by atoms with Crippen molar-refractivity contribution in [2.75, 3.05) is 33.5 Å². The van der Waals surface area contributed by atoms with Crippen molar-refractivity contribution in [3.63, 3.8) is 0 Å². The van der Waals surface area contributed by atoms with E-state index in [4.69, 9.17) is 14.2 Å². The molecule has 1 rings (SSSR count). The molecule has 0 saturated heterocycles. The highest BCUT2D eigenvalue weighted by molar-refractivity contribution is 5.40. The lowest BCUT2D eigenvalue weighted by Crippen LogP contribution is -2.23. The van der Waals surface area contributed by atoms with Gasteiger partial charge in [0, 0.05) is 25.3 Å². The van der Waals surface area contributed by atoms with Crippen molar-refractivity contribution >= 4 is 0 Å². The summed E-state index contributed by atoms with van der Waals surface area (Å²) in [7, 11) is 1.55. The molecule has 120 valence electrons. The first-order chi connectivity index (χ1) is 10.2. The molecule has 21 heavy (non-hydrogen) atoms. The molecule has 0 amide bonds. The Bertz CT molecular complexity index is 398. The van der Waals surface area contributed by atoms with Crippen LogP contribution < -0.4 is 14.8 Å². The summed E-state index contributed by atoms with van der Waals surface area (Å²) in [5.41, 5.74) is 1.05. The Balaban J connectivity index is 2.72. The molecule has 1 aromatic rings. The van der Waals surface area contributed by atoms with Gasteiger partial charge in [-0.2, -0.15) is 0 Å². The molecule has 0 spiro atoms. The lowest BCUT2D eigenvalue weighted by molar-refractivity contribution is 0.0322. The number of ether oxygens (including phenoxy) is 3. The van der Waals surface area contributed by atoms with Gasteiger partial charge in [0.15, 0.2) is 0 Å². The molecule has 0 aliphatic rings. The third kappa shape index (κ3) is 6.80. The second-order valence-corrected chi connectivity index (χ2v) is 4.82. The molecule has 0 radical (unpaired) electrons. The summed E-state index contributed by atoms with van der Waals surface area (Å²) in [6.45, 7) is 6.87. The number of methoxy groups -OCH3 is 1. The summed E-state index contributed by atoms with van der Waals surface area (Å²) in [6.07, 6.45) is 0.323. The summed E-state index contributed by atoms with van der Waals surface area (Å²) >= 11 is 0. The lowest BCUT2D eigenvalue weighted by atomic mass is 10.2. The van der Waals surface area contributed by atoms with Gasteiger partial charge in [0.05, 0.1) is 13.2 Å². The van der Waals surface area contributed by atoms with Crippen molar-refractivity contribution < 1.29 is 19.3 Å². The van der Waals surface area contributed by atoms with Crippen LogP contribution in [0.15, 0.2) is 18.2 Å². The van der Waals surface area contributed by atoms with Crippen molar-refractivity contribution in [1.29, 1.82) is 0 Å². The first-order valence-corrected chi connectivity index (χ1v) is 7.47. The Morgan fingerprint density at radius 3 is 2.67 bits per heavy atom. The summed E-state index contributed by atoms with van der Waals surface area (Å²) in [4.78, 5) is 0. The molecule has 1 unspecified atom stereocenters. The first kappa shape index (κ1) is 17.8. The van der Waals surface area contributed by atoms with Gasteiger partial charge in [0.1, 0.15) is 24.2 Å². The van der Waals surface area contributed by atoms with Crippen LogP contribution in [-0.4, -0.2) is 44.7 Å². The number of hydrogen-bond donors (Lipinski definition) is 2. The molecule has 0 bridgehead atoms. The maximum Gasteiger partial charge on any atom is 0.127 e. The van der Waals surface area contributed by atoms with Crippen LogP contribution in [0, 0.1) is 0 Å². The second kappa shape index (κ2) is 10.4. The zero-order valence-corrected chi connectivity index (χ0v) is 13.2. The van der Waals surface area contributed by atoms with Crippen LogP contribution in [0.2, 0.25) is 0 Å². The van der Waals surface area contributed by atoms with Crippen LogP contribution in [0.25, 0.3) is 0 Å². The smallest absolute Gasteiger partial charge is 0.127 e. The zero-order valence-electron chi connectivity index (χ0n) is 13.2. The fourth-order valence-electron chi connectivity index (χ4n) is 1.81. The largest absolute Gasteiger partial charge is 0.493 e. The average molecular weight is 297 g/mol. The van der Waals surface area contributed by atoms with Gasteiger partial charge in [-0.15, -0.1) is 0 Å². The third-order valence-electron chi connectivity index (χ3n) is 2.87. The highest BCUT2D eigenvalue weighted by Gasteiger charge is 2.09. The zero-order chi connectivity index (χ0) is 15.5. The normalized spacial score (nSPS) is 12.2. The molecule has 2 N–H and O–H groups in total. The lowest BCUT2D eigenvalue weighted by Gasteiger charge is -2.16. The number of rotatable bonds is 11. The van der Waals surface area contributed by atoms with Crippen molar-refractivity contribution in [2.24, 2.45) is 0 Å². The molecule has 5 heteroatoms. The molecule has 1 atom stereocenters. The minimum absolute atomic E-state index is 0.199. The number of benzene rings is 1. The molecule has 0 aliphatic heterocycles. The van der Waals surface area contributed by atoms with E-state index in [1.165, 1.54) is 0 Å². The van der Waals surface area contributed by atoms with Crippen LogP contribution in [-0.2, 0) is 11.3 Å². The number of hydrogen-bond acceptors (Lipinski definition) is 5. The maximum absolute atomic E-state index is 9.69. The molecule has 0 aliphatic carbocycles. The van der Waals surface area contributed by atoms with Gasteiger partial charge in [0.2, 0.25) is 0 Å². The van der Waals surface area contributed by atoms with Gasteiger partial charge < -0.3 is 24.6 Å². The molecule has 0 fully saturated rings. The van der Waals surface area contributed by atoms with Gasteiger partial charge in [-0.05, 0) is 19.0 Å². The second-order valence-electron chi connectivity index (χ2n) is 4.82. The van der Waals surface area contributed by atoms with E-state index < -0.39 is 6.10 Å². The number of aliphatic hydroxyl groups is 1. The summed E-state index contributed by atoms with van der Waals surface area (Å²) in [5, 5.41) is 13.0. The van der Waals surface area contributed by atoms with Crippen LogP contribution in [0.5, 0.6) is 11.5 Å². The first-order valence-electron chi connectivity index (χ1n) is 7.47.